The molecule has 30 heavy (non-hydrogen) atoms. The standard InChI is InChI=1S/C22H23N3O5/c26-19-9-7-18(8-10-19)25(20(27)11-6-16-4-2-1-3-5-16)15-21(28)24-13-12-17(14-24)23-22(29)30/h1-11,17,23,26H,12-15H2,(H,29,30)/t17-/m0/s1. The van der Waals surface area contributed by atoms with Crippen molar-refractivity contribution in [1.82, 2.24) is 10.2 Å². The number of nitrogens with one attached hydrogen (secondary N) is 1. The second-order valence-corrected chi connectivity index (χ2v) is 6.96. The van der Waals surface area contributed by atoms with E-state index in [2.05, 4.69) is 5.32 Å². The zero-order valence-corrected chi connectivity index (χ0v) is 16.3. The molecule has 1 heterocycles. The van der Waals surface area contributed by atoms with E-state index in [0.717, 1.165) is 5.56 Å². The highest BCUT2D eigenvalue weighted by Crippen LogP contribution is 2.20. The van der Waals surface area contributed by atoms with Gasteiger partial charge in [0.2, 0.25) is 5.91 Å². The lowest BCUT2D eigenvalue weighted by molar-refractivity contribution is -0.130. The molecule has 0 spiro atoms. The lowest BCUT2D eigenvalue weighted by Gasteiger charge is -2.24. The molecule has 2 aromatic carbocycles. The van der Waals surface area contributed by atoms with E-state index in [1.165, 1.54) is 23.1 Å². The zero-order valence-electron chi connectivity index (χ0n) is 16.3. The molecule has 0 aromatic heterocycles. The molecule has 3 rings (SSSR count). The maximum Gasteiger partial charge on any atom is 0.404 e. The summed E-state index contributed by atoms with van der Waals surface area (Å²) in [6, 6.07) is 15.0. The van der Waals surface area contributed by atoms with Crippen molar-refractivity contribution < 1.29 is 24.6 Å². The van der Waals surface area contributed by atoms with Gasteiger partial charge in [-0.3, -0.25) is 14.5 Å². The van der Waals surface area contributed by atoms with E-state index in [9.17, 15) is 19.5 Å². The number of likely N-dealkylation sites (tertiary alicyclic amines) is 1. The highest BCUT2D eigenvalue weighted by molar-refractivity contribution is 6.06. The van der Waals surface area contributed by atoms with E-state index in [-0.39, 0.29) is 36.7 Å². The van der Waals surface area contributed by atoms with Crippen molar-refractivity contribution in [2.45, 2.75) is 12.5 Å². The topological polar surface area (TPSA) is 110 Å². The Morgan fingerprint density at radius 1 is 1.10 bits per heavy atom. The van der Waals surface area contributed by atoms with Crippen molar-refractivity contribution in [2.75, 3.05) is 24.5 Å². The van der Waals surface area contributed by atoms with Crippen LogP contribution in [0.2, 0.25) is 0 Å². The monoisotopic (exact) mass is 409 g/mol. The number of carbonyl (C=O) groups excluding carboxylic acids is 2. The number of carboxylic acid groups (broad SMARTS) is 1. The molecule has 2 aromatic rings. The molecule has 1 atom stereocenters. The third-order valence-corrected chi connectivity index (χ3v) is 4.81. The minimum atomic E-state index is -1.12. The van der Waals surface area contributed by atoms with Crippen LogP contribution < -0.4 is 10.2 Å². The van der Waals surface area contributed by atoms with Gasteiger partial charge in [-0.15, -0.1) is 0 Å². The van der Waals surface area contributed by atoms with Crippen LogP contribution in [0.4, 0.5) is 10.5 Å². The third-order valence-electron chi connectivity index (χ3n) is 4.81. The van der Waals surface area contributed by atoms with Crippen LogP contribution in [-0.4, -0.2) is 58.7 Å². The fourth-order valence-corrected chi connectivity index (χ4v) is 3.27. The SMILES string of the molecule is O=C(O)N[C@H]1CCN(C(=O)CN(C(=O)C=Cc2ccccc2)c2ccc(O)cc2)C1. The van der Waals surface area contributed by atoms with Crippen molar-refractivity contribution >= 4 is 29.7 Å². The fraction of sp³-hybridized carbons (Fsp3) is 0.227. The highest BCUT2D eigenvalue weighted by atomic mass is 16.4. The molecule has 8 nitrogen and oxygen atoms in total. The summed E-state index contributed by atoms with van der Waals surface area (Å²) in [4.78, 5) is 39.3. The molecule has 0 bridgehead atoms. The van der Waals surface area contributed by atoms with Gasteiger partial charge in [0.05, 0.1) is 6.04 Å². The Bertz CT molecular complexity index is 928. The fourth-order valence-electron chi connectivity index (χ4n) is 3.27. The Morgan fingerprint density at radius 3 is 2.47 bits per heavy atom. The van der Waals surface area contributed by atoms with Gasteiger partial charge in [0, 0.05) is 24.9 Å². The minimum Gasteiger partial charge on any atom is -0.508 e. The predicted octanol–water partition coefficient (Wildman–Crippen LogP) is 2.31. The Balaban J connectivity index is 1.74. The van der Waals surface area contributed by atoms with Crippen LogP contribution in [0.25, 0.3) is 6.08 Å². The van der Waals surface area contributed by atoms with E-state index >= 15 is 0 Å². The molecule has 1 saturated heterocycles. The van der Waals surface area contributed by atoms with Crippen LogP contribution in [0.3, 0.4) is 0 Å². The zero-order chi connectivity index (χ0) is 21.5. The number of aromatic hydroxyl groups is 1. The van der Waals surface area contributed by atoms with Crippen LogP contribution in [-0.2, 0) is 9.59 Å². The molecule has 3 N–H and O–H groups in total. The van der Waals surface area contributed by atoms with Crippen molar-refractivity contribution in [3.63, 3.8) is 0 Å². The first-order valence-corrected chi connectivity index (χ1v) is 9.53. The molecule has 8 heteroatoms. The number of phenolic OH excluding ortho intramolecular Hbond substituents is 1. The Morgan fingerprint density at radius 2 is 1.80 bits per heavy atom. The summed E-state index contributed by atoms with van der Waals surface area (Å²) in [6.45, 7) is 0.492. The second-order valence-electron chi connectivity index (χ2n) is 6.96. The summed E-state index contributed by atoms with van der Waals surface area (Å²) in [5.74, 6) is -0.601. The number of phenols is 1. The van der Waals surface area contributed by atoms with Gasteiger partial charge >= 0.3 is 6.09 Å². The second kappa shape index (κ2) is 9.60. The lowest BCUT2D eigenvalue weighted by Crippen LogP contribution is -2.43. The van der Waals surface area contributed by atoms with Gasteiger partial charge in [-0.05, 0) is 42.3 Å². The summed E-state index contributed by atoms with van der Waals surface area (Å²) >= 11 is 0. The van der Waals surface area contributed by atoms with Crippen molar-refractivity contribution in [2.24, 2.45) is 0 Å². The third kappa shape index (κ3) is 5.60. The number of nitrogens with zero attached hydrogens (tertiary/aromatic N) is 2. The predicted molar refractivity (Wildman–Crippen MR) is 112 cm³/mol. The molecule has 0 saturated carbocycles. The number of anilines is 1. The van der Waals surface area contributed by atoms with Gasteiger partial charge in [0.25, 0.3) is 5.91 Å². The Hall–Kier alpha value is -3.81. The van der Waals surface area contributed by atoms with Crippen LogP contribution in [0.5, 0.6) is 5.75 Å². The van der Waals surface area contributed by atoms with E-state index in [1.807, 2.05) is 30.3 Å². The normalized spacial score (nSPS) is 15.9. The molecule has 1 fully saturated rings. The number of hydrogen-bond donors (Lipinski definition) is 3. The highest BCUT2D eigenvalue weighted by Gasteiger charge is 2.29. The Kier molecular flexibility index (Phi) is 6.69. The van der Waals surface area contributed by atoms with E-state index in [4.69, 9.17) is 5.11 Å². The van der Waals surface area contributed by atoms with E-state index < -0.39 is 6.09 Å². The van der Waals surface area contributed by atoms with Gasteiger partial charge in [-0.1, -0.05) is 30.3 Å². The lowest BCUT2D eigenvalue weighted by atomic mass is 10.2. The number of amides is 3. The first-order valence-electron chi connectivity index (χ1n) is 9.53. The summed E-state index contributed by atoms with van der Waals surface area (Å²) in [5, 5.41) is 20.8. The molecule has 1 aliphatic heterocycles. The van der Waals surface area contributed by atoms with Gasteiger partial charge in [-0.25, -0.2) is 4.79 Å². The van der Waals surface area contributed by atoms with Crippen LogP contribution in [0.15, 0.2) is 60.7 Å². The molecule has 0 unspecified atom stereocenters. The van der Waals surface area contributed by atoms with Crippen molar-refractivity contribution in [3.8, 4) is 5.75 Å². The van der Waals surface area contributed by atoms with Crippen molar-refractivity contribution in [1.29, 1.82) is 0 Å². The smallest absolute Gasteiger partial charge is 0.404 e. The first-order chi connectivity index (χ1) is 14.4. The molecule has 0 radical (unpaired) electrons. The Labute approximate surface area is 174 Å². The summed E-state index contributed by atoms with van der Waals surface area (Å²) in [6.07, 6.45) is 2.47. The van der Waals surface area contributed by atoms with Gasteiger partial charge < -0.3 is 20.4 Å². The summed E-state index contributed by atoms with van der Waals surface area (Å²) in [5.41, 5.74) is 1.33. The molecular weight excluding hydrogens is 386 g/mol. The van der Waals surface area contributed by atoms with Gasteiger partial charge in [-0.2, -0.15) is 0 Å². The van der Waals surface area contributed by atoms with E-state index in [0.29, 0.717) is 18.7 Å². The van der Waals surface area contributed by atoms with Crippen LogP contribution in [0.1, 0.15) is 12.0 Å². The molecule has 3 amide bonds. The number of hydrogen-bond acceptors (Lipinski definition) is 4. The largest absolute Gasteiger partial charge is 0.508 e. The number of carbonyl (C=O) groups is 3. The molecule has 156 valence electrons. The van der Waals surface area contributed by atoms with Crippen molar-refractivity contribution in [3.05, 3.63) is 66.2 Å². The van der Waals surface area contributed by atoms with Gasteiger partial charge in [0.15, 0.2) is 0 Å². The maximum atomic E-state index is 12.9. The number of rotatable bonds is 6. The van der Waals surface area contributed by atoms with Gasteiger partial charge in [0.1, 0.15) is 12.3 Å². The minimum absolute atomic E-state index is 0.0550. The number of benzene rings is 2. The molecule has 1 aliphatic rings. The average Bonchev–Trinajstić information content (AvgIpc) is 3.19. The molecular formula is C22H23N3O5. The average molecular weight is 409 g/mol. The summed E-state index contributed by atoms with van der Waals surface area (Å²) < 4.78 is 0. The quantitative estimate of drug-likeness (QED) is 0.634. The molecule has 0 aliphatic carbocycles. The maximum absolute atomic E-state index is 12.9. The summed E-state index contributed by atoms with van der Waals surface area (Å²) in [7, 11) is 0. The van der Waals surface area contributed by atoms with E-state index in [1.54, 1.807) is 23.1 Å². The first kappa shape index (κ1) is 20.9. The van der Waals surface area contributed by atoms with Crippen LogP contribution in [0, 0.1) is 0 Å². The van der Waals surface area contributed by atoms with Crippen LogP contribution >= 0.6 is 0 Å².